The van der Waals surface area contributed by atoms with Gasteiger partial charge in [0.05, 0.1) is 35.9 Å². The van der Waals surface area contributed by atoms with Gasteiger partial charge in [-0.3, -0.25) is 9.67 Å². The smallest absolute Gasteiger partial charge is 0.0923 e. The van der Waals surface area contributed by atoms with Gasteiger partial charge in [-0.15, -0.1) is 0 Å². The summed E-state index contributed by atoms with van der Waals surface area (Å²) in [5, 5.41) is 4.59. The summed E-state index contributed by atoms with van der Waals surface area (Å²) >= 11 is 0. The number of nitrogens with zero attached hydrogens (tertiary/aromatic N) is 4. The van der Waals surface area contributed by atoms with Crippen molar-refractivity contribution < 1.29 is 4.74 Å². The zero-order valence-electron chi connectivity index (χ0n) is 13.7. The quantitative estimate of drug-likeness (QED) is 0.726. The molecule has 0 fully saturated rings. The maximum atomic E-state index is 5.09. The molecule has 3 aromatic rings. The number of aromatic nitrogens is 4. The van der Waals surface area contributed by atoms with Crippen LogP contribution in [0.3, 0.4) is 0 Å². The standard InChI is InChI=1S/C18H20N4O/c1-13-12-19-14(2)18(20-13)16-6-4-5-15(11-16)17-7-8-22(21-17)9-10-23-3/h4-8,11-12H,9-10H2,1-3H3. The Bertz CT molecular complexity index is 810. The summed E-state index contributed by atoms with van der Waals surface area (Å²) in [7, 11) is 1.69. The molecular weight excluding hydrogens is 288 g/mol. The minimum absolute atomic E-state index is 0.652. The molecule has 5 heteroatoms. The highest BCUT2D eigenvalue weighted by atomic mass is 16.5. The second-order valence-corrected chi connectivity index (χ2v) is 5.48. The highest BCUT2D eigenvalue weighted by molar-refractivity contribution is 5.70. The lowest BCUT2D eigenvalue weighted by Gasteiger charge is -2.07. The molecule has 0 saturated carbocycles. The SMILES string of the molecule is COCCn1ccc(-c2cccc(-c3nc(C)cnc3C)c2)n1. The molecule has 0 N–H and O–H groups in total. The number of rotatable bonds is 5. The minimum atomic E-state index is 0.652. The van der Waals surface area contributed by atoms with Crippen molar-refractivity contribution in [1.82, 2.24) is 19.7 Å². The molecule has 1 aromatic carbocycles. The van der Waals surface area contributed by atoms with Gasteiger partial charge in [-0.2, -0.15) is 5.10 Å². The third kappa shape index (κ3) is 3.46. The highest BCUT2D eigenvalue weighted by Gasteiger charge is 2.08. The molecule has 2 aromatic heterocycles. The predicted molar refractivity (Wildman–Crippen MR) is 90.0 cm³/mol. The van der Waals surface area contributed by atoms with Gasteiger partial charge in [-0.1, -0.05) is 18.2 Å². The summed E-state index contributed by atoms with van der Waals surface area (Å²) < 4.78 is 6.98. The molecule has 118 valence electrons. The zero-order valence-corrected chi connectivity index (χ0v) is 13.7. The third-order valence-electron chi connectivity index (χ3n) is 3.67. The van der Waals surface area contributed by atoms with Crippen LogP contribution in [0.5, 0.6) is 0 Å². The summed E-state index contributed by atoms with van der Waals surface area (Å²) in [6.07, 6.45) is 3.76. The molecular formula is C18H20N4O. The van der Waals surface area contributed by atoms with Crippen LogP contribution >= 0.6 is 0 Å². The topological polar surface area (TPSA) is 52.8 Å². The second-order valence-electron chi connectivity index (χ2n) is 5.48. The Kier molecular flexibility index (Phi) is 4.48. The molecule has 0 aliphatic heterocycles. The number of hydrogen-bond acceptors (Lipinski definition) is 4. The van der Waals surface area contributed by atoms with Gasteiger partial charge in [0.2, 0.25) is 0 Å². The Hall–Kier alpha value is -2.53. The van der Waals surface area contributed by atoms with E-state index in [2.05, 4.69) is 33.3 Å². The van der Waals surface area contributed by atoms with Crippen molar-refractivity contribution in [2.75, 3.05) is 13.7 Å². The Labute approximate surface area is 136 Å². The molecule has 0 aliphatic rings. The lowest BCUT2D eigenvalue weighted by Crippen LogP contribution is -2.04. The molecule has 5 nitrogen and oxygen atoms in total. The van der Waals surface area contributed by atoms with E-state index in [1.165, 1.54) is 0 Å². The lowest BCUT2D eigenvalue weighted by atomic mass is 10.0. The minimum Gasteiger partial charge on any atom is -0.383 e. The van der Waals surface area contributed by atoms with E-state index < -0.39 is 0 Å². The van der Waals surface area contributed by atoms with Gasteiger partial charge >= 0.3 is 0 Å². The normalized spacial score (nSPS) is 10.9. The number of hydrogen-bond donors (Lipinski definition) is 0. The predicted octanol–water partition coefficient (Wildman–Crippen LogP) is 3.27. The summed E-state index contributed by atoms with van der Waals surface area (Å²) in [5.74, 6) is 0. The molecule has 23 heavy (non-hydrogen) atoms. The van der Waals surface area contributed by atoms with E-state index in [0.717, 1.165) is 40.4 Å². The van der Waals surface area contributed by atoms with Gasteiger partial charge in [0, 0.05) is 30.6 Å². The molecule has 0 radical (unpaired) electrons. The van der Waals surface area contributed by atoms with Gasteiger partial charge in [-0.05, 0) is 26.0 Å². The molecule has 0 unspecified atom stereocenters. The fourth-order valence-corrected chi connectivity index (χ4v) is 2.46. The number of methoxy groups -OCH3 is 1. The second kappa shape index (κ2) is 6.71. The Morgan fingerprint density at radius 3 is 2.78 bits per heavy atom. The van der Waals surface area contributed by atoms with Gasteiger partial charge in [0.1, 0.15) is 0 Å². The van der Waals surface area contributed by atoms with E-state index in [1.807, 2.05) is 36.9 Å². The van der Waals surface area contributed by atoms with Crippen molar-refractivity contribution in [3.63, 3.8) is 0 Å². The number of ether oxygens (including phenoxy) is 1. The monoisotopic (exact) mass is 308 g/mol. The van der Waals surface area contributed by atoms with Crippen LogP contribution in [0.1, 0.15) is 11.4 Å². The van der Waals surface area contributed by atoms with E-state index in [4.69, 9.17) is 4.74 Å². The Morgan fingerprint density at radius 1 is 1.13 bits per heavy atom. The first-order valence-corrected chi connectivity index (χ1v) is 7.61. The van der Waals surface area contributed by atoms with E-state index in [-0.39, 0.29) is 0 Å². The van der Waals surface area contributed by atoms with E-state index in [1.54, 1.807) is 13.3 Å². The van der Waals surface area contributed by atoms with Crippen molar-refractivity contribution in [3.05, 3.63) is 54.1 Å². The first kappa shape index (κ1) is 15.4. The molecule has 0 aliphatic carbocycles. The summed E-state index contributed by atoms with van der Waals surface area (Å²) in [4.78, 5) is 9.02. The van der Waals surface area contributed by atoms with Crippen molar-refractivity contribution in [1.29, 1.82) is 0 Å². The molecule has 3 rings (SSSR count). The van der Waals surface area contributed by atoms with Gasteiger partial charge in [0.15, 0.2) is 0 Å². The van der Waals surface area contributed by atoms with Gasteiger partial charge < -0.3 is 4.74 Å². The summed E-state index contributed by atoms with van der Waals surface area (Å²) in [6.45, 7) is 5.34. The molecule has 0 amide bonds. The van der Waals surface area contributed by atoms with Crippen molar-refractivity contribution >= 4 is 0 Å². The van der Waals surface area contributed by atoms with Crippen LogP contribution in [0.4, 0.5) is 0 Å². The fraction of sp³-hybridized carbons (Fsp3) is 0.278. The van der Waals surface area contributed by atoms with Crippen molar-refractivity contribution in [2.45, 2.75) is 20.4 Å². The first-order chi connectivity index (χ1) is 11.2. The summed E-state index contributed by atoms with van der Waals surface area (Å²) in [5.41, 5.74) is 5.84. The zero-order chi connectivity index (χ0) is 16.2. The van der Waals surface area contributed by atoms with Crippen LogP contribution in [0.2, 0.25) is 0 Å². The van der Waals surface area contributed by atoms with Crippen molar-refractivity contribution in [2.24, 2.45) is 0 Å². The maximum Gasteiger partial charge on any atom is 0.0923 e. The van der Waals surface area contributed by atoms with Crippen LogP contribution in [0.25, 0.3) is 22.5 Å². The van der Waals surface area contributed by atoms with Crippen LogP contribution in [0, 0.1) is 13.8 Å². The Balaban J connectivity index is 1.93. The maximum absolute atomic E-state index is 5.09. The van der Waals surface area contributed by atoms with Crippen molar-refractivity contribution in [3.8, 4) is 22.5 Å². The van der Waals surface area contributed by atoms with Gasteiger partial charge in [0.25, 0.3) is 0 Å². The molecule has 0 saturated heterocycles. The number of aryl methyl sites for hydroxylation is 2. The molecule has 0 bridgehead atoms. The first-order valence-electron chi connectivity index (χ1n) is 7.61. The van der Waals surface area contributed by atoms with Crippen LogP contribution < -0.4 is 0 Å². The molecule has 0 spiro atoms. The average molecular weight is 308 g/mol. The van der Waals surface area contributed by atoms with E-state index in [9.17, 15) is 0 Å². The number of benzene rings is 1. The van der Waals surface area contributed by atoms with E-state index >= 15 is 0 Å². The largest absolute Gasteiger partial charge is 0.383 e. The van der Waals surface area contributed by atoms with Crippen LogP contribution in [0.15, 0.2) is 42.7 Å². The van der Waals surface area contributed by atoms with Gasteiger partial charge in [-0.25, -0.2) is 4.98 Å². The lowest BCUT2D eigenvalue weighted by molar-refractivity contribution is 0.183. The van der Waals surface area contributed by atoms with Crippen LogP contribution in [-0.4, -0.2) is 33.5 Å². The summed E-state index contributed by atoms with van der Waals surface area (Å²) in [6, 6.07) is 10.3. The van der Waals surface area contributed by atoms with E-state index in [0.29, 0.717) is 6.61 Å². The highest BCUT2D eigenvalue weighted by Crippen LogP contribution is 2.25. The Morgan fingerprint density at radius 2 is 1.96 bits per heavy atom. The van der Waals surface area contributed by atoms with Crippen LogP contribution in [-0.2, 0) is 11.3 Å². The molecule has 2 heterocycles. The fourth-order valence-electron chi connectivity index (χ4n) is 2.46. The molecule has 0 atom stereocenters. The third-order valence-corrected chi connectivity index (χ3v) is 3.67. The average Bonchev–Trinajstić information content (AvgIpc) is 3.04.